The molecule has 1 heterocycles. The van der Waals surface area contributed by atoms with Gasteiger partial charge in [0.15, 0.2) is 0 Å². The van der Waals surface area contributed by atoms with Crippen LogP contribution in [0.1, 0.15) is 0 Å². The largest absolute Gasteiger partial charge is 0.306 e. The predicted molar refractivity (Wildman–Crippen MR) is 36.8 cm³/mol. The fourth-order valence-corrected chi connectivity index (χ4v) is 1.98. The van der Waals surface area contributed by atoms with Crippen LogP contribution in [-0.2, 0) is 0 Å². The molecule has 2 fully saturated rings. The molecule has 1 saturated carbocycles. The second kappa shape index (κ2) is 1.52. The smallest absolute Gasteiger partial charge is 0.0288 e. The van der Waals surface area contributed by atoms with Crippen molar-refractivity contribution in [2.24, 2.45) is 17.8 Å². The molecule has 48 valence electrons. The highest BCUT2D eigenvalue weighted by atomic mass is 15.2. The van der Waals surface area contributed by atoms with Gasteiger partial charge in [-0.05, 0) is 18.9 Å². The molecule has 0 spiro atoms. The Bertz CT molecular complexity index is 156. The fourth-order valence-electron chi connectivity index (χ4n) is 1.98. The normalized spacial score (nSPS) is 48.2. The summed E-state index contributed by atoms with van der Waals surface area (Å²) in [7, 11) is 2.17. The number of hydrogen-bond acceptors (Lipinski definition) is 1. The number of fused-ring (bicyclic) bond motifs is 1. The number of rotatable bonds is 0. The Hall–Kier alpha value is -0.480. The zero-order valence-corrected chi connectivity index (χ0v) is 5.67. The Labute approximate surface area is 56.0 Å². The van der Waals surface area contributed by atoms with Crippen molar-refractivity contribution in [1.82, 2.24) is 4.90 Å². The standard InChI is InChI=1S/C8H11N/c1-3-6-7-4-9(2)5-8(6)7/h1,6-8H,4-5H2,2H3. The zero-order chi connectivity index (χ0) is 6.43. The zero-order valence-electron chi connectivity index (χ0n) is 5.67. The van der Waals surface area contributed by atoms with Crippen LogP contribution in [0, 0.1) is 30.1 Å². The SMILES string of the molecule is C#CC1C2CN(C)CC12. The van der Waals surface area contributed by atoms with Gasteiger partial charge in [0, 0.05) is 19.0 Å². The maximum atomic E-state index is 5.30. The van der Waals surface area contributed by atoms with Crippen LogP contribution in [0.3, 0.4) is 0 Å². The lowest BCUT2D eigenvalue weighted by atomic mass is 10.3. The van der Waals surface area contributed by atoms with Crippen molar-refractivity contribution in [3.63, 3.8) is 0 Å². The molecule has 0 aromatic heterocycles. The number of hydrogen-bond donors (Lipinski definition) is 0. The summed E-state index contributed by atoms with van der Waals surface area (Å²) in [4.78, 5) is 2.36. The van der Waals surface area contributed by atoms with Crippen LogP contribution in [0.25, 0.3) is 0 Å². The average Bonchev–Trinajstić information content (AvgIpc) is 2.30. The minimum atomic E-state index is 0.640. The summed E-state index contributed by atoms with van der Waals surface area (Å²) in [5.41, 5.74) is 0. The lowest BCUT2D eigenvalue weighted by Crippen LogP contribution is -2.18. The Balaban J connectivity index is 2.00. The molecule has 2 unspecified atom stereocenters. The Kier molecular flexibility index (Phi) is 0.896. The molecule has 0 aromatic rings. The molecular formula is C8H11N. The van der Waals surface area contributed by atoms with Crippen LogP contribution in [0.2, 0.25) is 0 Å². The average molecular weight is 121 g/mol. The summed E-state index contributed by atoms with van der Waals surface area (Å²) in [6, 6.07) is 0. The van der Waals surface area contributed by atoms with Gasteiger partial charge in [-0.2, -0.15) is 0 Å². The minimum absolute atomic E-state index is 0.640. The van der Waals surface area contributed by atoms with Crippen molar-refractivity contribution in [1.29, 1.82) is 0 Å². The molecule has 2 aliphatic rings. The van der Waals surface area contributed by atoms with Gasteiger partial charge in [0.2, 0.25) is 0 Å². The van der Waals surface area contributed by atoms with E-state index in [2.05, 4.69) is 17.9 Å². The maximum Gasteiger partial charge on any atom is 0.0288 e. The summed E-state index contributed by atoms with van der Waals surface area (Å²) in [5.74, 6) is 5.20. The van der Waals surface area contributed by atoms with E-state index in [1.807, 2.05) is 0 Å². The van der Waals surface area contributed by atoms with Crippen LogP contribution < -0.4 is 0 Å². The van der Waals surface area contributed by atoms with E-state index in [-0.39, 0.29) is 0 Å². The van der Waals surface area contributed by atoms with Gasteiger partial charge in [0.1, 0.15) is 0 Å². The summed E-state index contributed by atoms with van der Waals surface area (Å²) < 4.78 is 0. The van der Waals surface area contributed by atoms with E-state index in [1.165, 1.54) is 13.1 Å². The van der Waals surface area contributed by atoms with E-state index >= 15 is 0 Å². The van der Waals surface area contributed by atoms with E-state index in [0.717, 1.165) is 11.8 Å². The van der Waals surface area contributed by atoms with E-state index < -0.39 is 0 Å². The summed E-state index contributed by atoms with van der Waals surface area (Å²) >= 11 is 0. The summed E-state index contributed by atoms with van der Waals surface area (Å²) in [6.45, 7) is 2.47. The van der Waals surface area contributed by atoms with Gasteiger partial charge in [-0.3, -0.25) is 0 Å². The number of piperidine rings is 1. The molecule has 0 amide bonds. The highest BCUT2D eigenvalue weighted by molar-refractivity contribution is 5.17. The molecule has 2 rings (SSSR count). The quantitative estimate of drug-likeness (QED) is 0.420. The van der Waals surface area contributed by atoms with Crippen molar-refractivity contribution in [3.8, 4) is 12.3 Å². The van der Waals surface area contributed by atoms with Crippen LogP contribution in [0.5, 0.6) is 0 Å². The molecular weight excluding hydrogens is 110 g/mol. The van der Waals surface area contributed by atoms with Crippen molar-refractivity contribution >= 4 is 0 Å². The molecule has 0 N–H and O–H groups in total. The molecule has 1 heteroatoms. The third kappa shape index (κ3) is 0.601. The minimum Gasteiger partial charge on any atom is -0.306 e. The third-order valence-electron chi connectivity index (χ3n) is 2.57. The Morgan fingerprint density at radius 2 is 2.00 bits per heavy atom. The van der Waals surface area contributed by atoms with Crippen LogP contribution in [-0.4, -0.2) is 25.0 Å². The fraction of sp³-hybridized carbons (Fsp3) is 0.750. The van der Waals surface area contributed by atoms with Gasteiger partial charge >= 0.3 is 0 Å². The molecule has 1 saturated heterocycles. The van der Waals surface area contributed by atoms with Gasteiger partial charge in [-0.25, -0.2) is 0 Å². The molecule has 1 aliphatic heterocycles. The Morgan fingerprint density at radius 1 is 1.44 bits per heavy atom. The first-order chi connectivity index (χ1) is 4.33. The van der Waals surface area contributed by atoms with Crippen molar-refractivity contribution in [2.45, 2.75) is 0 Å². The first-order valence-corrected chi connectivity index (χ1v) is 3.47. The van der Waals surface area contributed by atoms with Gasteiger partial charge in [-0.15, -0.1) is 12.3 Å². The third-order valence-corrected chi connectivity index (χ3v) is 2.57. The Morgan fingerprint density at radius 3 is 2.44 bits per heavy atom. The second-order valence-electron chi connectivity index (χ2n) is 3.24. The highest BCUT2D eigenvalue weighted by Crippen LogP contribution is 2.50. The second-order valence-corrected chi connectivity index (χ2v) is 3.24. The highest BCUT2D eigenvalue weighted by Gasteiger charge is 2.53. The van der Waals surface area contributed by atoms with Crippen molar-refractivity contribution in [3.05, 3.63) is 0 Å². The molecule has 0 radical (unpaired) electrons. The van der Waals surface area contributed by atoms with Crippen LogP contribution in [0.4, 0.5) is 0 Å². The molecule has 9 heavy (non-hydrogen) atoms. The molecule has 0 bridgehead atoms. The van der Waals surface area contributed by atoms with Crippen molar-refractivity contribution in [2.75, 3.05) is 20.1 Å². The number of nitrogens with zero attached hydrogens (tertiary/aromatic N) is 1. The van der Waals surface area contributed by atoms with Gasteiger partial charge < -0.3 is 4.90 Å². The number of terminal acetylenes is 1. The topological polar surface area (TPSA) is 3.24 Å². The van der Waals surface area contributed by atoms with E-state index in [0.29, 0.717) is 5.92 Å². The van der Waals surface area contributed by atoms with Crippen LogP contribution in [0.15, 0.2) is 0 Å². The van der Waals surface area contributed by atoms with Gasteiger partial charge in [0.05, 0.1) is 0 Å². The number of likely N-dealkylation sites (tertiary alicyclic amines) is 1. The van der Waals surface area contributed by atoms with E-state index in [1.54, 1.807) is 0 Å². The maximum absolute atomic E-state index is 5.30. The molecule has 0 aromatic carbocycles. The lowest BCUT2D eigenvalue weighted by Gasteiger charge is -2.09. The summed E-state index contributed by atoms with van der Waals surface area (Å²) in [6.07, 6.45) is 5.30. The van der Waals surface area contributed by atoms with E-state index in [4.69, 9.17) is 6.42 Å². The van der Waals surface area contributed by atoms with Crippen LogP contribution >= 0.6 is 0 Å². The van der Waals surface area contributed by atoms with E-state index in [9.17, 15) is 0 Å². The monoisotopic (exact) mass is 121 g/mol. The lowest BCUT2D eigenvalue weighted by molar-refractivity contribution is 0.360. The first-order valence-electron chi connectivity index (χ1n) is 3.47. The van der Waals surface area contributed by atoms with Crippen molar-refractivity contribution < 1.29 is 0 Å². The molecule has 1 aliphatic carbocycles. The predicted octanol–water partition coefficient (Wildman–Crippen LogP) is 0.427. The van der Waals surface area contributed by atoms with Gasteiger partial charge in [-0.1, -0.05) is 0 Å². The molecule has 1 nitrogen and oxygen atoms in total. The first kappa shape index (κ1) is 5.32. The summed E-state index contributed by atoms with van der Waals surface area (Å²) in [5, 5.41) is 0. The van der Waals surface area contributed by atoms with Gasteiger partial charge in [0.25, 0.3) is 0 Å². The molecule has 2 atom stereocenters.